The van der Waals surface area contributed by atoms with Crippen molar-refractivity contribution in [2.75, 3.05) is 19.0 Å². The maximum absolute atomic E-state index is 12.7. The van der Waals surface area contributed by atoms with Crippen LogP contribution in [0, 0.1) is 17.4 Å². The van der Waals surface area contributed by atoms with Crippen LogP contribution in [0.5, 0.6) is 11.5 Å². The molecule has 2 N–H and O–H groups in total. The maximum atomic E-state index is 12.7. The minimum absolute atomic E-state index is 0.00599. The molecule has 0 bridgehead atoms. The van der Waals surface area contributed by atoms with Crippen LogP contribution in [-0.4, -0.2) is 40.7 Å². The van der Waals surface area contributed by atoms with Crippen molar-refractivity contribution in [3.63, 3.8) is 0 Å². The second kappa shape index (κ2) is 9.09. The zero-order valence-electron chi connectivity index (χ0n) is 16.5. The van der Waals surface area contributed by atoms with Gasteiger partial charge in [0.1, 0.15) is 6.54 Å². The minimum Gasteiger partial charge on any atom is -0.504 e. The molecular formula is C21H19IN2O5S. The van der Waals surface area contributed by atoms with E-state index >= 15 is 0 Å². The van der Waals surface area contributed by atoms with Crippen LogP contribution in [-0.2, 0) is 9.59 Å². The molecule has 0 atom stereocenters. The average molecular weight is 538 g/mol. The molecule has 1 aliphatic heterocycles. The molecule has 0 spiro atoms. The first-order valence-electron chi connectivity index (χ1n) is 8.89. The van der Waals surface area contributed by atoms with Gasteiger partial charge in [-0.25, -0.2) is 0 Å². The number of hydrogen-bond donors (Lipinski definition) is 2. The van der Waals surface area contributed by atoms with Crippen molar-refractivity contribution in [2.45, 2.75) is 13.8 Å². The number of imide groups is 1. The molecule has 2 aromatic carbocycles. The molecule has 156 valence electrons. The third-order valence-corrected chi connectivity index (χ3v) is 6.35. The molecule has 1 aliphatic rings. The number of hydrogen-bond acceptors (Lipinski definition) is 6. The normalized spacial score (nSPS) is 15.1. The summed E-state index contributed by atoms with van der Waals surface area (Å²) in [6, 6.07) is 8.77. The number of nitrogens with one attached hydrogen (secondary N) is 1. The zero-order valence-corrected chi connectivity index (χ0v) is 19.5. The van der Waals surface area contributed by atoms with Gasteiger partial charge >= 0.3 is 0 Å². The van der Waals surface area contributed by atoms with Crippen molar-refractivity contribution in [1.29, 1.82) is 0 Å². The smallest absolute Gasteiger partial charge is 0.294 e. The number of halogens is 1. The highest BCUT2D eigenvalue weighted by Crippen LogP contribution is 2.36. The number of carbonyl (C=O) groups excluding carboxylic acids is 3. The fourth-order valence-corrected chi connectivity index (χ4v) is 4.30. The molecule has 0 radical (unpaired) electrons. The Kier molecular flexibility index (Phi) is 6.71. The summed E-state index contributed by atoms with van der Waals surface area (Å²) in [7, 11) is 1.43. The number of thioether (sulfide) groups is 1. The number of benzene rings is 2. The van der Waals surface area contributed by atoms with Crippen molar-refractivity contribution in [3.05, 3.63) is 55.5 Å². The molecule has 0 aromatic heterocycles. The average Bonchev–Trinajstić information content (AvgIpc) is 2.95. The van der Waals surface area contributed by atoms with E-state index in [4.69, 9.17) is 4.74 Å². The van der Waals surface area contributed by atoms with E-state index in [0.29, 0.717) is 14.8 Å². The molecule has 1 fully saturated rings. The molecule has 30 heavy (non-hydrogen) atoms. The minimum atomic E-state index is -0.539. The number of methoxy groups -OCH3 is 1. The van der Waals surface area contributed by atoms with Crippen LogP contribution < -0.4 is 10.1 Å². The predicted octanol–water partition coefficient (Wildman–Crippen LogP) is 4.30. The first-order chi connectivity index (χ1) is 14.2. The summed E-state index contributed by atoms with van der Waals surface area (Å²) >= 11 is 2.72. The predicted molar refractivity (Wildman–Crippen MR) is 125 cm³/mol. The number of rotatable bonds is 5. The second-order valence-electron chi connectivity index (χ2n) is 6.62. The van der Waals surface area contributed by atoms with Crippen LogP contribution >= 0.6 is 34.4 Å². The van der Waals surface area contributed by atoms with Gasteiger partial charge in [0.15, 0.2) is 11.5 Å². The van der Waals surface area contributed by atoms with Crippen LogP contribution in [0.25, 0.3) is 6.08 Å². The highest BCUT2D eigenvalue weighted by atomic mass is 127. The summed E-state index contributed by atoms with van der Waals surface area (Å²) in [4.78, 5) is 38.5. The Hall–Kier alpha value is -2.53. The van der Waals surface area contributed by atoms with Crippen LogP contribution in [0.3, 0.4) is 0 Å². The van der Waals surface area contributed by atoms with Crippen molar-refractivity contribution in [2.24, 2.45) is 0 Å². The summed E-state index contributed by atoms with van der Waals surface area (Å²) in [5, 5.41) is 12.2. The number of anilines is 1. The molecule has 1 heterocycles. The summed E-state index contributed by atoms with van der Waals surface area (Å²) < 4.78 is 5.67. The first kappa shape index (κ1) is 22.2. The number of phenolic OH excluding ortho intramolecular Hbond substituents is 1. The standard InChI is InChI=1S/C21H19IN2O5S/c1-11-5-4-6-15(12(11)2)23-18(25)10-24-20(27)17(30-21(24)28)9-13-7-14(22)19(26)16(8-13)29-3/h4-9,26H,10H2,1-3H3,(H,23,25)/b17-9+. The Labute approximate surface area is 191 Å². The van der Waals surface area contributed by atoms with E-state index in [9.17, 15) is 19.5 Å². The van der Waals surface area contributed by atoms with Gasteiger partial charge in [-0.1, -0.05) is 12.1 Å². The van der Waals surface area contributed by atoms with Gasteiger partial charge in [0.25, 0.3) is 11.1 Å². The fraction of sp³-hybridized carbons (Fsp3) is 0.190. The van der Waals surface area contributed by atoms with Gasteiger partial charge in [-0.05, 0) is 89.2 Å². The Morgan fingerprint density at radius 3 is 2.73 bits per heavy atom. The van der Waals surface area contributed by atoms with Crippen molar-refractivity contribution in [1.82, 2.24) is 4.90 Å². The number of aryl methyl sites for hydroxylation is 1. The lowest BCUT2D eigenvalue weighted by Gasteiger charge is -2.14. The second-order valence-corrected chi connectivity index (χ2v) is 8.77. The Morgan fingerprint density at radius 2 is 2.03 bits per heavy atom. The fourth-order valence-electron chi connectivity index (χ4n) is 2.84. The topological polar surface area (TPSA) is 95.9 Å². The van der Waals surface area contributed by atoms with E-state index in [2.05, 4.69) is 5.32 Å². The van der Waals surface area contributed by atoms with Gasteiger partial charge in [-0.2, -0.15) is 0 Å². The number of aromatic hydroxyl groups is 1. The molecule has 0 aliphatic carbocycles. The van der Waals surface area contributed by atoms with E-state index in [1.54, 1.807) is 18.2 Å². The quantitative estimate of drug-likeness (QED) is 0.436. The third-order valence-electron chi connectivity index (χ3n) is 4.62. The van der Waals surface area contributed by atoms with Gasteiger partial charge in [0.2, 0.25) is 5.91 Å². The first-order valence-corrected chi connectivity index (χ1v) is 10.8. The Morgan fingerprint density at radius 1 is 1.30 bits per heavy atom. The summed E-state index contributed by atoms with van der Waals surface area (Å²) in [6.45, 7) is 3.46. The van der Waals surface area contributed by atoms with Gasteiger partial charge in [-0.15, -0.1) is 0 Å². The SMILES string of the molecule is COc1cc(/C=C2/SC(=O)N(CC(=O)Nc3cccc(C)c3C)C2=O)cc(I)c1O. The van der Waals surface area contributed by atoms with E-state index in [1.807, 2.05) is 48.6 Å². The van der Waals surface area contributed by atoms with Crippen LogP contribution in [0.1, 0.15) is 16.7 Å². The highest BCUT2D eigenvalue weighted by Gasteiger charge is 2.36. The van der Waals surface area contributed by atoms with Gasteiger partial charge in [-0.3, -0.25) is 19.3 Å². The largest absolute Gasteiger partial charge is 0.504 e. The lowest BCUT2D eigenvalue weighted by atomic mass is 10.1. The van der Waals surface area contributed by atoms with Crippen molar-refractivity contribution in [3.8, 4) is 11.5 Å². The monoisotopic (exact) mass is 538 g/mol. The van der Waals surface area contributed by atoms with E-state index in [0.717, 1.165) is 27.8 Å². The molecule has 3 amide bonds. The number of amides is 3. The van der Waals surface area contributed by atoms with Crippen molar-refractivity contribution < 1.29 is 24.2 Å². The summed E-state index contributed by atoms with van der Waals surface area (Å²) in [6.07, 6.45) is 1.54. The molecule has 0 saturated carbocycles. The van der Waals surface area contributed by atoms with Gasteiger partial charge in [0.05, 0.1) is 15.6 Å². The zero-order chi connectivity index (χ0) is 22.0. The number of nitrogens with zero attached hydrogens (tertiary/aromatic N) is 1. The molecule has 3 rings (SSSR count). The lowest BCUT2D eigenvalue weighted by molar-refractivity contribution is -0.127. The molecule has 0 unspecified atom stereocenters. The van der Waals surface area contributed by atoms with Gasteiger partial charge < -0.3 is 15.2 Å². The van der Waals surface area contributed by atoms with Gasteiger partial charge in [0, 0.05) is 5.69 Å². The number of ether oxygens (including phenoxy) is 1. The van der Waals surface area contributed by atoms with Crippen LogP contribution in [0.15, 0.2) is 35.2 Å². The highest BCUT2D eigenvalue weighted by molar-refractivity contribution is 14.1. The number of phenols is 1. The summed E-state index contributed by atoms with van der Waals surface area (Å²) in [5.74, 6) is -0.719. The van der Waals surface area contributed by atoms with Crippen LogP contribution in [0.2, 0.25) is 0 Å². The van der Waals surface area contributed by atoms with E-state index in [1.165, 1.54) is 13.2 Å². The molecular weight excluding hydrogens is 519 g/mol. The third kappa shape index (κ3) is 4.62. The molecule has 2 aromatic rings. The van der Waals surface area contributed by atoms with E-state index in [-0.39, 0.29) is 22.9 Å². The van der Waals surface area contributed by atoms with E-state index < -0.39 is 17.1 Å². The van der Waals surface area contributed by atoms with Crippen LogP contribution in [0.4, 0.5) is 10.5 Å². The summed E-state index contributed by atoms with van der Waals surface area (Å²) in [5.41, 5.74) is 3.20. The lowest BCUT2D eigenvalue weighted by Crippen LogP contribution is -2.36. The van der Waals surface area contributed by atoms with Crippen molar-refractivity contribution >= 4 is 63.2 Å². The Bertz CT molecular complexity index is 1080. The molecule has 1 saturated heterocycles. The molecule has 7 nitrogen and oxygen atoms in total. The molecule has 9 heteroatoms. The maximum Gasteiger partial charge on any atom is 0.294 e. The number of carbonyl (C=O) groups is 3. The Balaban J connectivity index is 1.76.